The summed E-state index contributed by atoms with van der Waals surface area (Å²) < 4.78 is 0. The first-order valence-corrected chi connectivity index (χ1v) is 8.04. The van der Waals surface area contributed by atoms with Gasteiger partial charge in [0.05, 0.1) is 6.33 Å². The van der Waals surface area contributed by atoms with Crippen molar-refractivity contribution in [3.8, 4) is 0 Å². The highest BCUT2D eigenvalue weighted by Gasteiger charge is 2.20. The van der Waals surface area contributed by atoms with Crippen molar-refractivity contribution in [1.29, 1.82) is 0 Å². The Bertz CT molecular complexity index is 534. The molecule has 1 aliphatic rings. The third-order valence-corrected chi connectivity index (χ3v) is 4.60. The van der Waals surface area contributed by atoms with E-state index < -0.39 is 0 Å². The van der Waals surface area contributed by atoms with Gasteiger partial charge in [-0.1, -0.05) is 26.0 Å². The van der Waals surface area contributed by atoms with E-state index in [1.54, 1.807) is 6.33 Å². The molecule has 0 amide bonds. The van der Waals surface area contributed by atoms with Crippen LogP contribution in [0.25, 0.3) is 0 Å². The standard InChI is InChI=1S/C18H25N3/c1-14(2)16-3-5-18(6-4-16)21-9-7-15(8-10-21)11-17-12-19-13-20-17/h3-6,12-15H,7-11H2,1-2H3,(H,19,20). The molecule has 0 unspecified atom stereocenters. The second kappa shape index (κ2) is 6.33. The highest BCUT2D eigenvalue weighted by Crippen LogP contribution is 2.26. The van der Waals surface area contributed by atoms with Gasteiger partial charge in [-0.25, -0.2) is 4.98 Å². The first-order chi connectivity index (χ1) is 10.2. The molecule has 1 saturated heterocycles. The molecule has 3 rings (SSSR count). The van der Waals surface area contributed by atoms with Gasteiger partial charge >= 0.3 is 0 Å². The van der Waals surface area contributed by atoms with Gasteiger partial charge in [-0.3, -0.25) is 0 Å². The Hall–Kier alpha value is -1.77. The van der Waals surface area contributed by atoms with Crippen molar-refractivity contribution < 1.29 is 0 Å². The summed E-state index contributed by atoms with van der Waals surface area (Å²) in [7, 11) is 0. The lowest BCUT2D eigenvalue weighted by Crippen LogP contribution is -2.34. The molecule has 1 fully saturated rings. The van der Waals surface area contributed by atoms with Crippen molar-refractivity contribution in [2.24, 2.45) is 5.92 Å². The third-order valence-electron chi connectivity index (χ3n) is 4.60. The van der Waals surface area contributed by atoms with Crippen LogP contribution >= 0.6 is 0 Å². The van der Waals surface area contributed by atoms with Crippen molar-refractivity contribution in [2.45, 2.75) is 39.0 Å². The number of benzene rings is 1. The average molecular weight is 283 g/mol. The molecule has 0 spiro atoms. The van der Waals surface area contributed by atoms with Crippen LogP contribution in [0.5, 0.6) is 0 Å². The van der Waals surface area contributed by atoms with Gasteiger partial charge in [0.1, 0.15) is 0 Å². The quantitative estimate of drug-likeness (QED) is 0.920. The highest BCUT2D eigenvalue weighted by atomic mass is 15.1. The van der Waals surface area contributed by atoms with Gasteiger partial charge in [0, 0.05) is 30.7 Å². The minimum atomic E-state index is 0.610. The molecule has 112 valence electrons. The van der Waals surface area contributed by atoms with Gasteiger partial charge in [0.25, 0.3) is 0 Å². The SMILES string of the molecule is CC(C)c1ccc(N2CCC(Cc3cnc[nH]3)CC2)cc1. The van der Waals surface area contributed by atoms with E-state index in [1.807, 2.05) is 6.20 Å². The Morgan fingerprint density at radius 1 is 1.19 bits per heavy atom. The molecule has 0 radical (unpaired) electrons. The zero-order valence-electron chi connectivity index (χ0n) is 13.0. The maximum Gasteiger partial charge on any atom is 0.0921 e. The number of rotatable bonds is 4. The van der Waals surface area contributed by atoms with Crippen LogP contribution in [0.4, 0.5) is 5.69 Å². The summed E-state index contributed by atoms with van der Waals surface area (Å²) in [5, 5.41) is 0. The summed E-state index contributed by atoms with van der Waals surface area (Å²) in [6.07, 6.45) is 7.41. The number of nitrogens with zero attached hydrogens (tertiary/aromatic N) is 2. The fourth-order valence-corrected chi connectivity index (χ4v) is 3.17. The first-order valence-electron chi connectivity index (χ1n) is 8.04. The van der Waals surface area contributed by atoms with Crippen molar-refractivity contribution in [3.63, 3.8) is 0 Å². The highest BCUT2D eigenvalue weighted by molar-refractivity contribution is 5.48. The third kappa shape index (κ3) is 3.46. The van der Waals surface area contributed by atoms with Gasteiger partial charge < -0.3 is 9.88 Å². The van der Waals surface area contributed by atoms with Gasteiger partial charge in [-0.15, -0.1) is 0 Å². The molecule has 0 atom stereocenters. The van der Waals surface area contributed by atoms with Crippen molar-refractivity contribution in [1.82, 2.24) is 9.97 Å². The van der Waals surface area contributed by atoms with E-state index in [4.69, 9.17) is 0 Å². The Labute approximate surface area is 127 Å². The second-order valence-electron chi connectivity index (χ2n) is 6.46. The number of H-pyrrole nitrogens is 1. The summed E-state index contributed by atoms with van der Waals surface area (Å²) in [6.45, 7) is 6.82. The fraction of sp³-hybridized carbons (Fsp3) is 0.500. The molecule has 1 N–H and O–H groups in total. The first kappa shape index (κ1) is 14.2. The van der Waals surface area contributed by atoms with E-state index in [9.17, 15) is 0 Å². The number of hydrogen-bond acceptors (Lipinski definition) is 2. The molecular weight excluding hydrogens is 258 g/mol. The lowest BCUT2D eigenvalue weighted by atomic mass is 9.92. The Kier molecular flexibility index (Phi) is 4.28. The van der Waals surface area contributed by atoms with Gasteiger partial charge in [0.2, 0.25) is 0 Å². The molecule has 3 heteroatoms. The van der Waals surface area contributed by atoms with Crippen LogP contribution in [-0.4, -0.2) is 23.1 Å². The van der Waals surface area contributed by atoms with Crippen LogP contribution in [0.15, 0.2) is 36.8 Å². The summed E-state index contributed by atoms with van der Waals surface area (Å²) in [5.74, 6) is 1.40. The van der Waals surface area contributed by atoms with Crippen LogP contribution in [0.3, 0.4) is 0 Å². The van der Waals surface area contributed by atoms with E-state index in [2.05, 4.69) is 53.0 Å². The molecule has 1 aromatic heterocycles. The van der Waals surface area contributed by atoms with E-state index in [0.29, 0.717) is 5.92 Å². The van der Waals surface area contributed by atoms with Crippen LogP contribution < -0.4 is 4.90 Å². The zero-order valence-corrected chi connectivity index (χ0v) is 13.0. The molecule has 2 heterocycles. The summed E-state index contributed by atoms with van der Waals surface area (Å²) >= 11 is 0. The Morgan fingerprint density at radius 3 is 2.48 bits per heavy atom. The Balaban J connectivity index is 1.55. The number of imidazole rings is 1. The second-order valence-corrected chi connectivity index (χ2v) is 6.46. The van der Waals surface area contributed by atoms with Gasteiger partial charge in [-0.05, 0) is 48.8 Å². The summed E-state index contributed by atoms with van der Waals surface area (Å²) in [4.78, 5) is 9.85. The van der Waals surface area contributed by atoms with Crippen LogP contribution in [0, 0.1) is 5.92 Å². The van der Waals surface area contributed by atoms with Crippen molar-refractivity contribution in [2.75, 3.05) is 18.0 Å². The molecule has 0 bridgehead atoms. The topological polar surface area (TPSA) is 31.9 Å². The molecular formula is C18H25N3. The number of piperidine rings is 1. The smallest absolute Gasteiger partial charge is 0.0921 e. The molecule has 3 nitrogen and oxygen atoms in total. The van der Waals surface area contributed by atoms with Gasteiger partial charge in [-0.2, -0.15) is 0 Å². The zero-order chi connectivity index (χ0) is 14.7. The van der Waals surface area contributed by atoms with Gasteiger partial charge in [0.15, 0.2) is 0 Å². The minimum absolute atomic E-state index is 0.610. The molecule has 21 heavy (non-hydrogen) atoms. The van der Waals surface area contributed by atoms with E-state index in [-0.39, 0.29) is 0 Å². The van der Waals surface area contributed by atoms with E-state index >= 15 is 0 Å². The molecule has 0 aliphatic carbocycles. The maximum atomic E-state index is 4.11. The van der Waals surface area contributed by atoms with E-state index in [0.717, 1.165) is 12.3 Å². The number of nitrogens with one attached hydrogen (secondary N) is 1. The van der Waals surface area contributed by atoms with Crippen molar-refractivity contribution >= 4 is 5.69 Å². The number of aromatic nitrogens is 2. The van der Waals surface area contributed by atoms with E-state index in [1.165, 1.54) is 42.9 Å². The lowest BCUT2D eigenvalue weighted by molar-refractivity contribution is 0.401. The fourth-order valence-electron chi connectivity index (χ4n) is 3.17. The predicted molar refractivity (Wildman–Crippen MR) is 87.8 cm³/mol. The Morgan fingerprint density at radius 2 is 1.90 bits per heavy atom. The van der Waals surface area contributed by atoms with Crippen molar-refractivity contribution in [3.05, 3.63) is 48.0 Å². The number of aromatic amines is 1. The summed E-state index contributed by atoms with van der Waals surface area (Å²) in [6, 6.07) is 9.11. The number of hydrogen-bond donors (Lipinski definition) is 1. The molecule has 1 aromatic carbocycles. The molecule has 1 aliphatic heterocycles. The normalized spacial score (nSPS) is 16.6. The maximum absolute atomic E-state index is 4.11. The average Bonchev–Trinajstić information content (AvgIpc) is 3.01. The largest absolute Gasteiger partial charge is 0.372 e. The minimum Gasteiger partial charge on any atom is -0.372 e. The summed E-state index contributed by atoms with van der Waals surface area (Å²) in [5.41, 5.74) is 4.07. The molecule has 0 saturated carbocycles. The molecule has 2 aromatic rings. The van der Waals surface area contributed by atoms with Crippen LogP contribution in [-0.2, 0) is 6.42 Å². The lowest BCUT2D eigenvalue weighted by Gasteiger charge is -2.33. The number of anilines is 1. The van der Waals surface area contributed by atoms with Crippen LogP contribution in [0.1, 0.15) is 43.9 Å². The predicted octanol–water partition coefficient (Wildman–Crippen LogP) is 3.99. The monoisotopic (exact) mass is 283 g/mol. The van der Waals surface area contributed by atoms with Crippen LogP contribution in [0.2, 0.25) is 0 Å².